The maximum Gasteiger partial charge on any atom is 0.223 e. The summed E-state index contributed by atoms with van der Waals surface area (Å²) in [6, 6.07) is 0. The fraction of sp³-hybridized carbons (Fsp3) is 0.882. The molecule has 1 amide bonds. The molecule has 0 aromatic heterocycles. The van der Waals surface area contributed by atoms with E-state index in [0.717, 1.165) is 64.3 Å². The first-order chi connectivity index (χ1) is 11.1. The Kier molecular flexibility index (Phi) is 9.95. The first kappa shape index (κ1) is 21.5. The van der Waals surface area contributed by atoms with Crippen LogP contribution in [0.5, 0.6) is 0 Å². The van der Waals surface area contributed by atoms with Gasteiger partial charge in [0.2, 0.25) is 5.91 Å². The van der Waals surface area contributed by atoms with E-state index in [1.807, 2.05) is 0 Å². The molecule has 24 heavy (non-hydrogen) atoms. The lowest BCUT2D eigenvalue weighted by molar-refractivity contribution is -0.127. The molecule has 0 radical (unpaired) electrons. The zero-order valence-electron chi connectivity index (χ0n) is 15.0. The van der Waals surface area contributed by atoms with Crippen molar-refractivity contribution in [3.63, 3.8) is 0 Å². The summed E-state index contributed by atoms with van der Waals surface area (Å²) in [7, 11) is 0. The molecule has 2 rings (SSSR count). The lowest BCUT2D eigenvalue weighted by Gasteiger charge is -2.24. The van der Waals surface area contributed by atoms with Gasteiger partial charge in [-0.2, -0.15) is 0 Å². The van der Waals surface area contributed by atoms with Gasteiger partial charge in [0.05, 0.1) is 12.1 Å². The van der Waals surface area contributed by atoms with Gasteiger partial charge in [0.25, 0.3) is 0 Å². The summed E-state index contributed by atoms with van der Waals surface area (Å²) in [5.41, 5.74) is -0.112. The maximum atomic E-state index is 11.7. The molecular weight excluding hydrogens is 419 g/mol. The topological polar surface area (TPSA) is 74.8 Å². The molecule has 140 valence electrons. The summed E-state index contributed by atoms with van der Waals surface area (Å²) < 4.78 is 5.77. The molecule has 1 atom stereocenters. The fourth-order valence-electron chi connectivity index (χ4n) is 2.87. The van der Waals surface area contributed by atoms with E-state index in [4.69, 9.17) is 4.74 Å². The Morgan fingerprint density at radius 3 is 2.54 bits per heavy atom. The van der Waals surface area contributed by atoms with Crippen molar-refractivity contribution in [3.8, 4) is 0 Å². The van der Waals surface area contributed by atoms with Crippen molar-refractivity contribution < 1.29 is 9.53 Å². The highest BCUT2D eigenvalue weighted by molar-refractivity contribution is 14.0. The predicted octanol–water partition coefficient (Wildman–Crippen LogP) is 2.03. The standard InChI is InChI=1S/C17H32N4O2.HI/c1-3-18-16(21-13-17(2)9-5-12-23-17)20-11-6-10-19-15(22)14-7-4-8-14;/h14H,3-13H2,1-2H3,(H,19,22)(H2,18,20,21);1H. The molecule has 0 aromatic carbocycles. The molecule has 1 saturated carbocycles. The van der Waals surface area contributed by atoms with Crippen LogP contribution in [-0.4, -0.2) is 50.3 Å². The van der Waals surface area contributed by atoms with Crippen LogP contribution in [-0.2, 0) is 9.53 Å². The third-order valence-electron chi connectivity index (χ3n) is 4.64. The molecule has 2 fully saturated rings. The number of ether oxygens (including phenoxy) is 1. The van der Waals surface area contributed by atoms with Crippen molar-refractivity contribution in [2.75, 3.05) is 32.8 Å². The minimum Gasteiger partial charge on any atom is -0.373 e. The van der Waals surface area contributed by atoms with Gasteiger partial charge in [-0.1, -0.05) is 6.42 Å². The Hall–Kier alpha value is -0.570. The van der Waals surface area contributed by atoms with Gasteiger partial charge >= 0.3 is 0 Å². The number of amides is 1. The largest absolute Gasteiger partial charge is 0.373 e. The van der Waals surface area contributed by atoms with Crippen molar-refractivity contribution in [1.29, 1.82) is 0 Å². The molecule has 7 heteroatoms. The number of rotatable bonds is 8. The number of nitrogens with one attached hydrogen (secondary N) is 3. The van der Waals surface area contributed by atoms with Crippen LogP contribution in [0.3, 0.4) is 0 Å². The molecule has 1 unspecified atom stereocenters. The summed E-state index contributed by atoms with van der Waals surface area (Å²) >= 11 is 0. The van der Waals surface area contributed by atoms with E-state index in [0.29, 0.717) is 6.54 Å². The summed E-state index contributed by atoms with van der Waals surface area (Å²) in [6.45, 7) is 8.07. The maximum absolute atomic E-state index is 11.7. The van der Waals surface area contributed by atoms with Gasteiger partial charge in [-0.05, 0) is 46.0 Å². The number of guanidine groups is 1. The summed E-state index contributed by atoms with van der Waals surface area (Å²) in [6.07, 6.45) is 6.41. The second-order valence-electron chi connectivity index (χ2n) is 6.80. The van der Waals surface area contributed by atoms with Gasteiger partial charge in [-0.25, -0.2) is 0 Å². The zero-order chi connectivity index (χ0) is 16.5. The molecule has 0 spiro atoms. The smallest absolute Gasteiger partial charge is 0.223 e. The molecule has 0 bridgehead atoms. The second-order valence-corrected chi connectivity index (χ2v) is 6.80. The quantitative estimate of drug-likeness (QED) is 0.228. The van der Waals surface area contributed by atoms with Crippen LogP contribution in [0.4, 0.5) is 0 Å². The number of halogens is 1. The van der Waals surface area contributed by atoms with E-state index in [2.05, 4.69) is 34.8 Å². The lowest BCUT2D eigenvalue weighted by Crippen LogP contribution is -2.41. The van der Waals surface area contributed by atoms with Gasteiger partial charge in [-0.15, -0.1) is 24.0 Å². The average molecular weight is 452 g/mol. The van der Waals surface area contributed by atoms with Crippen molar-refractivity contribution in [3.05, 3.63) is 0 Å². The molecule has 6 nitrogen and oxygen atoms in total. The van der Waals surface area contributed by atoms with E-state index in [9.17, 15) is 4.79 Å². The highest BCUT2D eigenvalue weighted by Gasteiger charge is 2.29. The van der Waals surface area contributed by atoms with Gasteiger partial charge in [0, 0.05) is 32.2 Å². The number of aliphatic imine (C=N–C) groups is 1. The Balaban J connectivity index is 0.00000288. The summed E-state index contributed by atoms with van der Waals surface area (Å²) in [4.78, 5) is 16.4. The Morgan fingerprint density at radius 2 is 1.96 bits per heavy atom. The van der Waals surface area contributed by atoms with E-state index >= 15 is 0 Å². The molecule has 1 saturated heterocycles. The van der Waals surface area contributed by atoms with Crippen LogP contribution in [0.2, 0.25) is 0 Å². The van der Waals surface area contributed by atoms with Crippen molar-refractivity contribution in [2.45, 2.75) is 58.0 Å². The third kappa shape index (κ3) is 7.13. The Bertz CT molecular complexity index is 407. The van der Waals surface area contributed by atoms with Gasteiger partial charge in [0.1, 0.15) is 0 Å². The van der Waals surface area contributed by atoms with Crippen LogP contribution >= 0.6 is 24.0 Å². The minimum atomic E-state index is -0.112. The minimum absolute atomic E-state index is 0. The molecule has 1 aliphatic carbocycles. The first-order valence-electron chi connectivity index (χ1n) is 9.07. The SMILES string of the molecule is CCNC(=NCC1(C)CCCO1)NCCCNC(=O)C1CCC1.I. The highest BCUT2D eigenvalue weighted by Crippen LogP contribution is 2.26. The molecule has 0 aromatic rings. The molecule has 1 heterocycles. The van der Waals surface area contributed by atoms with Crippen LogP contribution < -0.4 is 16.0 Å². The van der Waals surface area contributed by atoms with Crippen LogP contribution in [0, 0.1) is 5.92 Å². The molecular formula is C17H33IN4O2. The van der Waals surface area contributed by atoms with E-state index in [1.54, 1.807) is 0 Å². The average Bonchev–Trinajstić information content (AvgIpc) is 2.89. The molecule has 3 N–H and O–H groups in total. The number of carbonyl (C=O) groups is 1. The molecule has 2 aliphatic rings. The van der Waals surface area contributed by atoms with Crippen LogP contribution in [0.1, 0.15) is 52.4 Å². The number of hydrogen-bond donors (Lipinski definition) is 3. The number of nitrogens with zero attached hydrogens (tertiary/aromatic N) is 1. The first-order valence-corrected chi connectivity index (χ1v) is 9.07. The van der Waals surface area contributed by atoms with Crippen LogP contribution in [0.25, 0.3) is 0 Å². The monoisotopic (exact) mass is 452 g/mol. The highest BCUT2D eigenvalue weighted by atomic mass is 127. The Morgan fingerprint density at radius 1 is 1.21 bits per heavy atom. The third-order valence-corrected chi connectivity index (χ3v) is 4.64. The van der Waals surface area contributed by atoms with Gasteiger partial charge in [0.15, 0.2) is 5.96 Å². The number of carbonyl (C=O) groups excluding carboxylic acids is 1. The second kappa shape index (κ2) is 11.1. The van der Waals surface area contributed by atoms with Gasteiger partial charge < -0.3 is 20.7 Å². The van der Waals surface area contributed by atoms with Crippen molar-refractivity contribution in [2.24, 2.45) is 10.9 Å². The zero-order valence-corrected chi connectivity index (χ0v) is 17.4. The lowest BCUT2D eigenvalue weighted by atomic mass is 9.85. The number of hydrogen-bond acceptors (Lipinski definition) is 3. The van der Waals surface area contributed by atoms with E-state index in [-0.39, 0.29) is 41.4 Å². The van der Waals surface area contributed by atoms with E-state index < -0.39 is 0 Å². The fourth-order valence-corrected chi connectivity index (χ4v) is 2.87. The Labute approximate surface area is 163 Å². The molecule has 1 aliphatic heterocycles. The predicted molar refractivity (Wildman–Crippen MR) is 108 cm³/mol. The summed E-state index contributed by atoms with van der Waals surface area (Å²) in [5.74, 6) is 1.33. The van der Waals surface area contributed by atoms with Gasteiger partial charge in [-0.3, -0.25) is 9.79 Å². The van der Waals surface area contributed by atoms with Crippen molar-refractivity contribution in [1.82, 2.24) is 16.0 Å². The van der Waals surface area contributed by atoms with Crippen LogP contribution in [0.15, 0.2) is 4.99 Å². The normalized spacial score (nSPS) is 24.0. The van der Waals surface area contributed by atoms with E-state index in [1.165, 1.54) is 6.42 Å². The van der Waals surface area contributed by atoms with Crippen molar-refractivity contribution >= 4 is 35.8 Å². The summed E-state index contributed by atoms with van der Waals surface area (Å²) in [5, 5.41) is 9.59.